The summed E-state index contributed by atoms with van der Waals surface area (Å²) in [7, 11) is -2.62. The smallest absolute Gasteiger partial charge is 0.282 e. The number of hydrogen-bond donors (Lipinski definition) is 1. The van der Waals surface area contributed by atoms with Crippen LogP contribution in [0, 0.1) is 5.92 Å². The lowest BCUT2D eigenvalue weighted by molar-refractivity contribution is -0.120. The maximum Gasteiger partial charge on any atom is 0.282 e. The van der Waals surface area contributed by atoms with Gasteiger partial charge in [-0.15, -0.1) is 10.2 Å². The van der Waals surface area contributed by atoms with E-state index in [0.29, 0.717) is 16.7 Å². The normalized spacial score (nSPS) is 23.5. The van der Waals surface area contributed by atoms with Crippen LogP contribution in [-0.2, 0) is 19.8 Å². The van der Waals surface area contributed by atoms with E-state index < -0.39 is 28.1 Å². The van der Waals surface area contributed by atoms with Gasteiger partial charge in [-0.05, 0) is 18.6 Å². The average Bonchev–Trinajstić information content (AvgIpc) is 3.55. The van der Waals surface area contributed by atoms with Crippen molar-refractivity contribution in [2.45, 2.75) is 25.4 Å². The quantitative estimate of drug-likeness (QED) is 0.534. The monoisotopic (exact) mass is 507 g/mol. The van der Waals surface area contributed by atoms with Crippen LogP contribution in [0.15, 0.2) is 29.8 Å². The van der Waals surface area contributed by atoms with Crippen molar-refractivity contribution in [1.29, 1.82) is 0 Å². The fourth-order valence-electron chi connectivity index (χ4n) is 4.48. The predicted octanol–water partition coefficient (Wildman–Crippen LogP) is 1.39. The maximum absolute atomic E-state index is 13.4. The topological polar surface area (TPSA) is 129 Å². The van der Waals surface area contributed by atoms with Crippen molar-refractivity contribution in [2.24, 2.45) is 5.92 Å². The zero-order chi connectivity index (χ0) is 23.3. The van der Waals surface area contributed by atoms with Gasteiger partial charge in [0.2, 0.25) is 16.9 Å². The number of amides is 2. The molecule has 174 valence electrons. The summed E-state index contributed by atoms with van der Waals surface area (Å²) in [5, 5.41) is 10.8. The Morgan fingerprint density at radius 2 is 2.12 bits per heavy atom. The highest BCUT2D eigenvalue weighted by Crippen LogP contribution is 2.42. The lowest BCUT2D eigenvalue weighted by atomic mass is 10.0. The second kappa shape index (κ2) is 8.36. The molecular formula is C19H21N7O4S3. The number of nitrogens with one attached hydrogen (secondary N) is 1. The molecule has 3 atom stereocenters. The summed E-state index contributed by atoms with van der Waals surface area (Å²) in [6.07, 6.45) is 0.501. The van der Waals surface area contributed by atoms with Crippen LogP contribution >= 0.6 is 22.7 Å². The molecule has 11 nitrogen and oxygen atoms in total. The molecule has 0 unspecified atom stereocenters. The number of hydrogen-bond acceptors (Lipinski definition) is 9. The van der Waals surface area contributed by atoms with E-state index in [2.05, 4.69) is 20.5 Å². The average molecular weight is 508 g/mol. The number of para-hydroxylation sites is 1. The third kappa shape index (κ3) is 3.81. The van der Waals surface area contributed by atoms with Crippen molar-refractivity contribution < 1.29 is 18.0 Å². The summed E-state index contributed by atoms with van der Waals surface area (Å²) in [6.45, 7) is 1.64. The number of aromatic nitrogens is 3. The first-order valence-electron chi connectivity index (χ1n) is 10.2. The Bertz CT molecular complexity index is 1280. The molecule has 4 heterocycles. The Kier molecular flexibility index (Phi) is 5.64. The second-order valence-electron chi connectivity index (χ2n) is 7.97. The van der Waals surface area contributed by atoms with Crippen LogP contribution in [0.3, 0.4) is 0 Å². The van der Waals surface area contributed by atoms with Gasteiger partial charge in [-0.3, -0.25) is 19.8 Å². The van der Waals surface area contributed by atoms with E-state index in [-0.39, 0.29) is 25.0 Å². The molecule has 1 aromatic carbocycles. The number of carbonyl (C=O) groups is 2. The van der Waals surface area contributed by atoms with E-state index in [4.69, 9.17) is 0 Å². The number of nitrogens with zero attached hydrogens (tertiary/aromatic N) is 6. The highest BCUT2D eigenvalue weighted by molar-refractivity contribution is 7.86. The van der Waals surface area contributed by atoms with Crippen LogP contribution in [0.1, 0.15) is 13.3 Å². The Balaban J connectivity index is 1.36. The molecule has 1 N–H and O–H groups in total. The van der Waals surface area contributed by atoms with E-state index in [1.54, 1.807) is 11.8 Å². The molecule has 0 aliphatic carbocycles. The lowest BCUT2D eigenvalue weighted by Crippen LogP contribution is -2.49. The van der Waals surface area contributed by atoms with Crippen molar-refractivity contribution in [2.75, 3.05) is 30.4 Å². The van der Waals surface area contributed by atoms with E-state index in [9.17, 15) is 18.0 Å². The van der Waals surface area contributed by atoms with Crippen LogP contribution in [0.5, 0.6) is 0 Å². The van der Waals surface area contributed by atoms with Crippen molar-refractivity contribution in [3.8, 4) is 0 Å². The van der Waals surface area contributed by atoms with E-state index >= 15 is 0 Å². The minimum Gasteiger partial charge on any atom is -0.299 e. The van der Waals surface area contributed by atoms with Gasteiger partial charge in [0.1, 0.15) is 5.51 Å². The minimum absolute atomic E-state index is 0.138. The SMILES string of the molecule is C[C@@H]1C(=O)N(c2nc3ccccc3s2)[C@H]2CCN(S(=O)(=O)N(C)CC(=O)Nc3nncs3)[C@H]12. The van der Waals surface area contributed by atoms with E-state index in [1.165, 1.54) is 28.2 Å². The van der Waals surface area contributed by atoms with Crippen LogP contribution in [0.4, 0.5) is 10.3 Å². The second-order valence-corrected chi connectivity index (χ2v) is 11.8. The molecule has 2 amide bonds. The number of anilines is 2. The Hall–Kier alpha value is -2.52. The van der Waals surface area contributed by atoms with Crippen LogP contribution in [-0.4, -0.2) is 76.2 Å². The molecule has 5 rings (SSSR count). The molecule has 3 aromatic rings. The number of carbonyl (C=O) groups excluding carboxylic acids is 2. The lowest BCUT2D eigenvalue weighted by Gasteiger charge is -2.29. The minimum atomic E-state index is -3.98. The molecule has 2 aliphatic heterocycles. The standard InChI is InChI=1S/C19H21N7O4S3/c1-11-16-13(26(17(11)28)19-21-12-5-3-4-6-14(12)32-19)7-8-25(16)33(29,30)24(2)9-15(27)22-18-23-20-10-31-18/h3-6,10-11,13,16H,7-9H2,1-2H3,(H,22,23,27)/t11-,13-,16+/m0/s1. The molecule has 0 spiro atoms. The summed E-state index contributed by atoms with van der Waals surface area (Å²) in [5.74, 6) is -1.18. The highest BCUT2D eigenvalue weighted by atomic mass is 32.2. The van der Waals surface area contributed by atoms with E-state index in [0.717, 1.165) is 25.9 Å². The summed E-state index contributed by atoms with van der Waals surface area (Å²) in [5.41, 5.74) is 2.28. The first-order valence-corrected chi connectivity index (χ1v) is 13.3. The molecule has 33 heavy (non-hydrogen) atoms. The molecule has 0 saturated carbocycles. The molecule has 2 aliphatic rings. The van der Waals surface area contributed by atoms with Crippen molar-refractivity contribution in [3.05, 3.63) is 29.8 Å². The summed E-state index contributed by atoms with van der Waals surface area (Å²) < 4.78 is 30.0. The van der Waals surface area contributed by atoms with Crippen LogP contribution in [0.2, 0.25) is 0 Å². The van der Waals surface area contributed by atoms with Gasteiger partial charge in [-0.1, -0.05) is 41.7 Å². The summed E-state index contributed by atoms with van der Waals surface area (Å²) >= 11 is 2.57. The first-order chi connectivity index (χ1) is 15.8. The van der Waals surface area contributed by atoms with Gasteiger partial charge in [0.05, 0.1) is 34.8 Å². The van der Waals surface area contributed by atoms with Crippen LogP contribution in [0.25, 0.3) is 10.2 Å². The number of thiazole rings is 1. The third-order valence-electron chi connectivity index (χ3n) is 5.99. The van der Waals surface area contributed by atoms with Crippen molar-refractivity contribution in [3.63, 3.8) is 0 Å². The molecule has 2 fully saturated rings. The number of rotatable bonds is 6. The number of benzene rings is 1. The van der Waals surface area contributed by atoms with Gasteiger partial charge in [0, 0.05) is 13.6 Å². The molecule has 2 aromatic heterocycles. The van der Waals surface area contributed by atoms with Gasteiger partial charge < -0.3 is 0 Å². The Labute approximate surface area is 198 Å². The molecular weight excluding hydrogens is 486 g/mol. The molecule has 0 bridgehead atoms. The zero-order valence-electron chi connectivity index (χ0n) is 17.8. The van der Waals surface area contributed by atoms with Gasteiger partial charge in [0.15, 0.2) is 5.13 Å². The van der Waals surface area contributed by atoms with Gasteiger partial charge in [0.25, 0.3) is 10.2 Å². The van der Waals surface area contributed by atoms with Crippen molar-refractivity contribution in [1.82, 2.24) is 23.8 Å². The summed E-state index contributed by atoms with van der Waals surface area (Å²) in [6, 6.07) is 6.83. The Morgan fingerprint density at radius 1 is 1.33 bits per heavy atom. The molecule has 2 saturated heterocycles. The van der Waals surface area contributed by atoms with Gasteiger partial charge in [-0.25, -0.2) is 4.98 Å². The maximum atomic E-state index is 13.4. The molecule has 0 radical (unpaired) electrons. The number of likely N-dealkylation sites (N-methyl/N-ethyl adjacent to an activating group) is 1. The van der Waals surface area contributed by atoms with Gasteiger partial charge in [-0.2, -0.15) is 17.0 Å². The van der Waals surface area contributed by atoms with Gasteiger partial charge >= 0.3 is 0 Å². The fourth-order valence-corrected chi connectivity index (χ4v) is 7.58. The predicted molar refractivity (Wildman–Crippen MR) is 125 cm³/mol. The fraction of sp³-hybridized carbons (Fsp3) is 0.421. The van der Waals surface area contributed by atoms with Crippen molar-refractivity contribution >= 4 is 65.2 Å². The zero-order valence-corrected chi connectivity index (χ0v) is 20.2. The van der Waals surface area contributed by atoms with E-state index in [1.807, 2.05) is 24.3 Å². The number of fused-ring (bicyclic) bond motifs is 2. The first kappa shape index (κ1) is 22.3. The highest BCUT2D eigenvalue weighted by Gasteiger charge is 2.56. The molecule has 14 heteroatoms. The van der Waals surface area contributed by atoms with Crippen LogP contribution < -0.4 is 10.2 Å². The Morgan fingerprint density at radius 3 is 2.85 bits per heavy atom. The third-order valence-corrected chi connectivity index (χ3v) is 9.57. The summed E-state index contributed by atoms with van der Waals surface area (Å²) in [4.78, 5) is 31.7. The largest absolute Gasteiger partial charge is 0.299 e.